The van der Waals surface area contributed by atoms with Crippen LogP contribution in [0.4, 0.5) is 65.9 Å². The van der Waals surface area contributed by atoms with Gasteiger partial charge >= 0.3 is 42.5 Å². The normalized spacial score (nSPS) is 14.8. The summed E-state index contributed by atoms with van der Waals surface area (Å²) in [5.74, 6) is -16.0. The molecule has 0 aliphatic rings. The summed E-state index contributed by atoms with van der Waals surface area (Å²) in [7, 11) is -2.17. The molecule has 1 heterocycles. The van der Waals surface area contributed by atoms with Gasteiger partial charge in [0.25, 0.3) is 0 Å². The van der Waals surface area contributed by atoms with Gasteiger partial charge in [-0.3, -0.25) is 0 Å². The molecule has 0 spiro atoms. The van der Waals surface area contributed by atoms with Crippen molar-refractivity contribution in [2.24, 2.45) is 0 Å². The molecule has 0 amide bonds. The molecule has 0 fully saturated rings. The molecule has 1 aromatic heterocycles. The third-order valence-electron chi connectivity index (χ3n) is 6.32. The van der Waals surface area contributed by atoms with Gasteiger partial charge in [0, 0.05) is 5.56 Å². The summed E-state index contributed by atoms with van der Waals surface area (Å²) >= 11 is 0. The molecule has 0 atom stereocenters. The molecule has 22 heteroatoms. The average Bonchev–Trinajstić information content (AvgIpc) is 2.85. The largest absolute Gasteiger partial charge is 0.544 e. The minimum Gasteiger partial charge on any atom is -0.544 e. The molecule has 0 saturated heterocycles. The lowest BCUT2D eigenvalue weighted by molar-refractivity contribution is -0.542. The van der Waals surface area contributed by atoms with Crippen LogP contribution in [0.15, 0.2) is 36.7 Å². The zero-order chi connectivity index (χ0) is 36.0. The number of hydrogen-bond donors (Lipinski definition) is 0. The van der Waals surface area contributed by atoms with E-state index in [2.05, 4.69) is 19.4 Å². The Morgan fingerprint density at radius 3 is 1.50 bits per heavy atom. The van der Waals surface area contributed by atoms with Crippen LogP contribution < -0.4 is 9.16 Å². The lowest BCUT2D eigenvalue weighted by Crippen LogP contribution is -2.64. The van der Waals surface area contributed by atoms with E-state index in [1.165, 1.54) is 12.1 Å². The van der Waals surface area contributed by atoms with Crippen LogP contribution in [-0.4, -0.2) is 67.3 Å². The summed E-state index contributed by atoms with van der Waals surface area (Å²) in [6.07, 6.45) is -33.8. The summed E-state index contributed by atoms with van der Waals surface area (Å²) < 4.78 is 211. The Labute approximate surface area is 250 Å². The maximum absolute atomic E-state index is 13.9. The Kier molecular flexibility index (Phi) is 10.4. The number of aromatic nitrogens is 2. The number of ether oxygens (including phenoxy) is 3. The summed E-state index contributed by atoms with van der Waals surface area (Å²) in [5.41, 5.74) is 0.375. The summed E-state index contributed by atoms with van der Waals surface area (Å²) in [6.45, 7) is 7.65. The summed E-state index contributed by atoms with van der Waals surface area (Å²) in [4.78, 5) is 7.54. The van der Waals surface area contributed by atoms with Crippen molar-refractivity contribution in [3.05, 3.63) is 36.7 Å². The van der Waals surface area contributed by atoms with E-state index in [-0.39, 0.29) is 10.9 Å². The fourth-order valence-corrected chi connectivity index (χ4v) is 3.78. The molecule has 0 bridgehead atoms. The minimum absolute atomic E-state index is 0.0219. The number of rotatable bonds is 13. The predicted octanol–water partition coefficient (Wildman–Crippen LogP) is 9.14. The molecule has 2 rings (SSSR count). The van der Waals surface area contributed by atoms with Crippen LogP contribution in [-0.2, 0) is 9.47 Å². The maximum atomic E-state index is 13.9. The highest BCUT2D eigenvalue weighted by molar-refractivity contribution is 6.74. The highest BCUT2D eigenvalue weighted by atomic mass is 28.4. The van der Waals surface area contributed by atoms with Gasteiger partial charge in [0.05, 0.1) is 12.4 Å². The molecule has 0 unspecified atom stereocenters. The van der Waals surface area contributed by atoms with E-state index in [4.69, 9.17) is 4.43 Å². The molecule has 0 N–H and O–H groups in total. The Hall–Kier alpha value is -3.01. The van der Waals surface area contributed by atoms with Crippen molar-refractivity contribution in [2.45, 2.75) is 81.4 Å². The SMILES string of the molecule is CC(C)(C)[Si](C)(C)Oc1ccc(-c2ncc(OCC(F)(F)OC(F)(F)C(F)(F)OC(F)(F)C(F)(F)C(F)(F)C(F)(F)F)cn2)cc1. The van der Waals surface area contributed by atoms with Crippen molar-refractivity contribution < 1.29 is 84.5 Å². The molecular formula is C24H23F15N2O4Si. The first kappa shape index (κ1) is 39.2. The zero-order valence-corrected chi connectivity index (χ0v) is 24.9. The third kappa shape index (κ3) is 8.28. The van der Waals surface area contributed by atoms with E-state index in [0.29, 0.717) is 23.7 Å². The van der Waals surface area contributed by atoms with Crippen molar-refractivity contribution in [1.82, 2.24) is 9.97 Å². The monoisotopic (exact) mass is 716 g/mol. The van der Waals surface area contributed by atoms with Crippen LogP contribution in [0.2, 0.25) is 18.1 Å². The third-order valence-corrected chi connectivity index (χ3v) is 10.7. The van der Waals surface area contributed by atoms with E-state index in [1.807, 2.05) is 33.9 Å². The number of benzene rings is 1. The zero-order valence-electron chi connectivity index (χ0n) is 23.9. The van der Waals surface area contributed by atoms with Crippen molar-refractivity contribution in [1.29, 1.82) is 0 Å². The Morgan fingerprint density at radius 1 is 0.609 bits per heavy atom. The predicted molar refractivity (Wildman–Crippen MR) is 129 cm³/mol. The smallest absolute Gasteiger partial charge is 0.460 e. The second kappa shape index (κ2) is 12.2. The van der Waals surface area contributed by atoms with Gasteiger partial charge in [0.1, 0.15) is 5.75 Å². The van der Waals surface area contributed by atoms with Crippen molar-refractivity contribution >= 4 is 8.32 Å². The number of nitrogens with zero attached hydrogens (tertiary/aromatic N) is 2. The quantitative estimate of drug-likeness (QED) is 0.152. The fourth-order valence-electron chi connectivity index (χ4n) is 2.75. The lowest BCUT2D eigenvalue weighted by atomic mass is 10.1. The van der Waals surface area contributed by atoms with Crippen molar-refractivity contribution in [3.8, 4) is 22.9 Å². The number of alkyl halides is 15. The second-order valence-corrected chi connectivity index (χ2v) is 15.7. The first-order chi connectivity index (χ1) is 20.3. The van der Waals surface area contributed by atoms with E-state index in [1.54, 1.807) is 16.9 Å². The maximum Gasteiger partial charge on any atom is 0.460 e. The number of halogens is 15. The van der Waals surface area contributed by atoms with Gasteiger partial charge in [0.2, 0.25) is 8.32 Å². The Balaban J connectivity index is 2.10. The van der Waals surface area contributed by atoms with E-state index < -0.39 is 63.1 Å². The highest BCUT2D eigenvalue weighted by Crippen LogP contribution is 2.56. The molecule has 6 nitrogen and oxygen atoms in total. The first-order valence-electron chi connectivity index (χ1n) is 12.3. The molecule has 0 aliphatic carbocycles. The van der Waals surface area contributed by atoms with Crippen molar-refractivity contribution in [2.75, 3.05) is 6.61 Å². The molecular weight excluding hydrogens is 693 g/mol. The fraction of sp³-hybridized carbons (Fsp3) is 0.583. The summed E-state index contributed by atoms with van der Waals surface area (Å²) in [5, 5.41) is -0.108. The van der Waals surface area contributed by atoms with Gasteiger partial charge in [-0.15, -0.1) is 0 Å². The van der Waals surface area contributed by atoms with Crippen LogP contribution in [0.3, 0.4) is 0 Å². The molecule has 262 valence electrons. The standard InChI is InChI=1S/C24H23F15N2O4Si/c1-17(2,3)46(4,5)43-14-8-6-13(7-9-14)16-40-10-15(11-41-16)42-12-18(25,26)44-23(36,37)24(38,39)45-22(34,35)20(29,30)19(27,28)21(31,32)33/h6-11H,12H2,1-5H3. The molecule has 0 radical (unpaired) electrons. The van der Waals surface area contributed by atoms with Gasteiger partial charge in [-0.25, -0.2) is 19.4 Å². The van der Waals surface area contributed by atoms with E-state index >= 15 is 0 Å². The van der Waals surface area contributed by atoms with Gasteiger partial charge in [0.15, 0.2) is 18.2 Å². The molecule has 46 heavy (non-hydrogen) atoms. The Bertz CT molecular complexity index is 1330. The number of hydrogen-bond acceptors (Lipinski definition) is 6. The molecule has 1 aromatic carbocycles. The van der Waals surface area contributed by atoms with Crippen LogP contribution >= 0.6 is 0 Å². The van der Waals surface area contributed by atoms with E-state index in [0.717, 1.165) is 0 Å². The van der Waals surface area contributed by atoms with Gasteiger partial charge in [-0.1, -0.05) is 20.8 Å². The molecule has 0 aliphatic heterocycles. The van der Waals surface area contributed by atoms with E-state index in [9.17, 15) is 65.9 Å². The molecule has 0 saturated carbocycles. The first-order valence-corrected chi connectivity index (χ1v) is 15.2. The van der Waals surface area contributed by atoms with Gasteiger partial charge in [-0.2, -0.15) is 65.9 Å². The lowest BCUT2D eigenvalue weighted by Gasteiger charge is -2.36. The van der Waals surface area contributed by atoms with Gasteiger partial charge in [-0.05, 0) is 42.4 Å². The second-order valence-electron chi connectivity index (χ2n) is 11.0. The Morgan fingerprint density at radius 2 is 1.07 bits per heavy atom. The van der Waals surface area contributed by atoms with Crippen LogP contribution in [0.1, 0.15) is 20.8 Å². The van der Waals surface area contributed by atoms with Crippen LogP contribution in [0.25, 0.3) is 11.4 Å². The average molecular weight is 717 g/mol. The molecule has 2 aromatic rings. The van der Waals surface area contributed by atoms with Crippen LogP contribution in [0.5, 0.6) is 11.5 Å². The van der Waals surface area contributed by atoms with Gasteiger partial charge < -0.3 is 9.16 Å². The topological polar surface area (TPSA) is 62.7 Å². The van der Waals surface area contributed by atoms with Crippen LogP contribution in [0, 0.1) is 0 Å². The summed E-state index contributed by atoms with van der Waals surface area (Å²) in [6, 6.07) is 6.27. The van der Waals surface area contributed by atoms with Crippen molar-refractivity contribution in [3.63, 3.8) is 0 Å². The highest BCUT2D eigenvalue weighted by Gasteiger charge is 2.85. The minimum atomic E-state index is -7.93.